The monoisotopic (exact) mass is 271 g/mol. The van der Waals surface area contributed by atoms with E-state index in [1.54, 1.807) is 0 Å². The molecule has 1 heterocycles. The smallest absolute Gasteiger partial charge is 0.327 e. The summed E-state index contributed by atoms with van der Waals surface area (Å²) in [7, 11) is 0. The second-order valence-electron chi connectivity index (χ2n) is 6.05. The fraction of sp³-hybridized carbons (Fsp3) is 0.846. The van der Waals surface area contributed by atoms with Gasteiger partial charge in [0, 0.05) is 45.2 Å². The van der Waals surface area contributed by atoms with Crippen LogP contribution in [0.15, 0.2) is 0 Å². The van der Waals surface area contributed by atoms with E-state index in [1.807, 2.05) is 0 Å². The molecule has 6 heteroatoms. The van der Waals surface area contributed by atoms with Crippen LogP contribution in [-0.4, -0.2) is 71.1 Å². The van der Waals surface area contributed by atoms with Crippen molar-refractivity contribution in [2.75, 3.05) is 32.7 Å². The second kappa shape index (κ2) is 6.34. The van der Waals surface area contributed by atoms with Crippen LogP contribution in [0.25, 0.3) is 0 Å². The van der Waals surface area contributed by atoms with Gasteiger partial charge in [0.05, 0.1) is 0 Å². The van der Waals surface area contributed by atoms with E-state index in [2.05, 4.69) is 35.9 Å². The highest BCUT2D eigenvalue weighted by Crippen LogP contribution is 2.15. The zero-order valence-corrected chi connectivity index (χ0v) is 12.3. The normalized spacial score (nSPS) is 20.0. The number of nitrogens with one attached hydrogen (secondary N) is 1. The molecule has 0 saturated carbocycles. The first kappa shape index (κ1) is 15.9. The number of carbonyl (C=O) groups excluding carboxylic acids is 1. The van der Waals surface area contributed by atoms with E-state index in [1.165, 1.54) is 6.92 Å². The summed E-state index contributed by atoms with van der Waals surface area (Å²) in [6.07, 6.45) is 0. The van der Waals surface area contributed by atoms with Crippen molar-refractivity contribution in [1.82, 2.24) is 15.1 Å². The molecule has 0 radical (unpaired) electrons. The van der Waals surface area contributed by atoms with Gasteiger partial charge in [-0.05, 0) is 20.8 Å². The van der Waals surface area contributed by atoms with E-state index in [0.717, 1.165) is 26.2 Å². The molecule has 0 aliphatic carbocycles. The Bertz CT molecular complexity index is 331. The van der Waals surface area contributed by atoms with Crippen LogP contribution in [0.2, 0.25) is 0 Å². The van der Waals surface area contributed by atoms with Crippen LogP contribution in [-0.2, 0) is 9.59 Å². The molecular weight excluding hydrogens is 246 g/mol. The predicted molar refractivity (Wildman–Crippen MR) is 73.0 cm³/mol. The van der Waals surface area contributed by atoms with Gasteiger partial charge in [0.15, 0.2) is 0 Å². The quantitative estimate of drug-likeness (QED) is 0.752. The second-order valence-corrected chi connectivity index (χ2v) is 6.05. The first-order chi connectivity index (χ1) is 8.70. The highest BCUT2D eigenvalue weighted by atomic mass is 16.4. The van der Waals surface area contributed by atoms with E-state index in [4.69, 9.17) is 5.11 Å². The standard InChI is InChI=1S/C13H25N3O3/c1-10(17)14-11(12(18)19)9-15-5-7-16(8-6-15)13(2,3)4/h11H,5-9H2,1-4H3,(H,14,17)(H,18,19). The van der Waals surface area contributed by atoms with Crippen LogP contribution in [0.5, 0.6) is 0 Å². The third-order valence-electron chi connectivity index (χ3n) is 3.44. The van der Waals surface area contributed by atoms with Crippen molar-refractivity contribution in [3.63, 3.8) is 0 Å². The van der Waals surface area contributed by atoms with Gasteiger partial charge in [0.25, 0.3) is 0 Å². The minimum absolute atomic E-state index is 0.149. The van der Waals surface area contributed by atoms with E-state index in [9.17, 15) is 9.59 Å². The molecule has 1 unspecified atom stereocenters. The van der Waals surface area contributed by atoms with Crippen LogP contribution in [0.1, 0.15) is 27.7 Å². The van der Waals surface area contributed by atoms with Crippen molar-refractivity contribution < 1.29 is 14.7 Å². The molecule has 1 atom stereocenters. The van der Waals surface area contributed by atoms with Crippen LogP contribution < -0.4 is 5.32 Å². The Hall–Kier alpha value is -1.14. The number of carboxylic acids is 1. The van der Waals surface area contributed by atoms with Gasteiger partial charge in [-0.2, -0.15) is 0 Å². The molecule has 1 amide bonds. The molecule has 6 nitrogen and oxygen atoms in total. The Morgan fingerprint density at radius 1 is 1.21 bits per heavy atom. The molecule has 0 aromatic heterocycles. The summed E-state index contributed by atoms with van der Waals surface area (Å²) in [6, 6.07) is -0.821. The van der Waals surface area contributed by atoms with Gasteiger partial charge in [-0.15, -0.1) is 0 Å². The minimum Gasteiger partial charge on any atom is -0.480 e. The number of hydrogen-bond acceptors (Lipinski definition) is 4. The molecular formula is C13H25N3O3. The van der Waals surface area contributed by atoms with Crippen molar-refractivity contribution in [2.24, 2.45) is 0 Å². The van der Waals surface area contributed by atoms with Crippen LogP contribution in [0.3, 0.4) is 0 Å². The molecule has 19 heavy (non-hydrogen) atoms. The zero-order chi connectivity index (χ0) is 14.6. The summed E-state index contributed by atoms with van der Waals surface area (Å²) in [4.78, 5) is 26.5. The van der Waals surface area contributed by atoms with Gasteiger partial charge >= 0.3 is 5.97 Å². The summed E-state index contributed by atoms with van der Waals surface area (Å²) in [5.41, 5.74) is 0.149. The lowest BCUT2D eigenvalue weighted by molar-refractivity contribution is -0.142. The maximum absolute atomic E-state index is 11.1. The number of hydrogen-bond donors (Lipinski definition) is 2. The SMILES string of the molecule is CC(=O)NC(CN1CCN(C(C)(C)C)CC1)C(=O)O. The summed E-state index contributed by atoms with van der Waals surface area (Å²) >= 11 is 0. The molecule has 0 aromatic carbocycles. The molecule has 1 aliphatic heterocycles. The van der Waals surface area contributed by atoms with Crippen LogP contribution in [0.4, 0.5) is 0 Å². The number of amides is 1. The van der Waals surface area contributed by atoms with Gasteiger partial charge in [0.2, 0.25) is 5.91 Å². The Balaban J connectivity index is 2.47. The molecule has 0 bridgehead atoms. The minimum atomic E-state index is -0.978. The predicted octanol–water partition coefficient (Wildman–Crippen LogP) is -0.00820. The van der Waals surface area contributed by atoms with E-state index in [0.29, 0.717) is 6.54 Å². The van der Waals surface area contributed by atoms with Crippen molar-refractivity contribution in [3.8, 4) is 0 Å². The van der Waals surface area contributed by atoms with Crippen LogP contribution >= 0.6 is 0 Å². The Morgan fingerprint density at radius 3 is 2.11 bits per heavy atom. The van der Waals surface area contributed by atoms with Crippen molar-refractivity contribution in [1.29, 1.82) is 0 Å². The van der Waals surface area contributed by atoms with Gasteiger partial charge in [-0.3, -0.25) is 14.6 Å². The third-order valence-corrected chi connectivity index (χ3v) is 3.44. The Kier molecular flexibility index (Phi) is 5.31. The van der Waals surface area contributed by atoms with Crippen molar-refractivity contribution >= 4 is 11.9 Å². The summed E-state index contributed by atoms with van der Waals surface area (Å²) in [5.74, 6) is -1.28. The third kappa shape index (κ3) is 5.16. The largest absolute Gasteiger partial charge is 0.480 e. The van der Waals surface area contributed by atoms with Gasteiger partial charge in [-0.25, -0.2) is 4.79 Å². The summed E-state index contributed by atoms with van der Waals surface area (Å²) in [5, 5.41) is 11.6. The van der Waals surface area contributed by atoms with Gasteiger partial charge in [-0.1, -0.05) is 0 Å². The Labute approximate surface area is 114 Å². The molecule has 1 saturated heterocycles. The first-order valence-electron chi connectivity index (χ1n) is 6.67. The number of nitrogens with zero attached hydrogens (tertiary/aromatic N) is 2. The average molecular weight is 271 g/mol. The molecule has 0 spiro atoms. The number of aliphatic carboxylic acids is 1. The van der Waals surface area contributed by atoms with Crippen molar-refractivity contribution in [2.45, 2.75) is 39.3 Å². The molecule has 1 rings (SSSR count). The number of rotatable bonds is 4. The lowest BCUT2D eigenvalue weighted by atomic mass is 10.0. The van der Waals surface area contributed by atoms with E-state index < -0.39 is 12.0 Å². The molecule has 1 aliphatic rings. The van der Waals surface area contributed by atoms with Gasteiger partial charge < -0.3 is 10.4 Å². The number of piperazine rings is 1. The summed E-state index contributed by atoms with van der Waals surface area (Å²) in [6.45, 7) is 11.8. The Morgan fingerprint density at radius 2 is 1.74 bits per heavy atom. The highest BCUT2D eigenvalue weighted by molar-refractivity contribution is 5.82. The van der Waals surface area contributed by atoms with Crippen LogP contribution in [0, 0.1) is 0 Å². The lowest BCUT2D eigenvalue weighted by Crippen LogP contribution is -2.56. The fourth-order valence-corrected chi connectivity index (χ4v) is 2.29. The van der Waals surface area contributed by atoms with Crippen molar-refractivity contribution in [3.05, 3.63) is 0 Å². The molecule has 2 N–H and O–H groups in total. The maximum Gasteiger partial charge on any atom is 0.327 e. The number of carboxylic acid groups (broad SMARTS) is 1. The van der Waals surface area contributed by atoms with Gasteiger partial charge in [0.1, 0.15) is 6.04 Å². The molecule has 1 fully saturated rings. The average Bonchev–Trinajstić information content (AvgIpc) is 2.27. The molecule has 0 aromatic rings. The maximum atomic E-state index is 11.1. The zero-order valence-electron chi connectivity index (χ0n) is 12.3. The van der Waals surface area contributed by atoms with E-state index in [-0.39, 0.29) is 11.4 Å². The summed E-state index contributed by atoms with van der Waals surface area (Å²) < 4.78 is 0. The molecule has 110 valence electrons. The number of carbonyl (C=O) groups is 2. The highest BCUT2D eigenvalue weighted by Gasteiger charge is 2.28. The lowest BCUT2D eigenvalue weighted by Gasteiger charge is -2.42. The first-order valence-corrected chi connectivity index (χ1v) is 6.67. The van der Waals surface area contributed by atoms with E-state index >= 15 is 0 Å². The topological polar surface area (TPSA) is 72.9 Å². The fourth-order valence-electron chi connectivity index (χ4n) is 2.29.